The van der Waals surface area contributed by atoms with Crippen molar-refractivity contribution in [2.24, 2.45) is 0 Å². The molecule has 1 aromatic carbocycles. The van der Waals surface area contributed by atoms with Gasteiger partial charge in [0, 0.05) is 11.0 Å². The van der Waals surface area contributed by atoms with Gasteiger partial charge in [-0.3, -0.25) is 0 Å². The predicted molar refractivity (Wildman–Crippen MR) is 79.9 cm³/mol. The first-order valence-electron chi connectivity index (χ1n) is 6.11. The highest BCUT2D eigenvalue weighted by Crippen LogP contribution is 2.30. The van der Waals surface area contributed by atoms with Gasteiger partial charge in [0.15, 0.2) is 0 Å². The number of benzene rings is 1. The van der Waals surface area contributed by atoms with Gasteiger partial charge >= 0.3 is 0 Å². The number of aromatic nitrogens is 2. The monoisotopic (exact) mass is 321 g/mol. The summed E-state index contributed by atoms with van der Waals surface area (Å²) < 4.78 is 6.87. The Morgan fingerprint density at radius 2 is 2.05 bits per heavy atom. The Kier molecular flexibility index (Phi) is 4.37. The summed E-state index contributed by atoms with van der Waals surface area (Å²) >= 11 is 3.44. The van der Waals surface area contributed by atoms with Crippen LogP contribution >= 0.6 is 15.9 Å². The number of anilines is 1. The van der Waals surface area contributed by atoms with Crippen LogP contribution in [0.4, 0.5) is 5.82 Å². The van der Waals surface area contributed by atoms with E-state index in [1.165, 1.54) is 6.33 Å². The van der Waals surface area contributed by atoms with Crippen LogP contribution in [0.2, 0.25) is 0 Å². The number of hydrogen-bond donors (Lipinski definition) is 1. The first kappa shape index (κ1) is 13.8. The van der Waals surface area contributed by atoms with Gasteiger partial charge in [0.1, 0.15) is 17.9 Å². The lowest BCUT2D eigenvalue weighted by Gasteiger charge is -2.12. The lowest BCUT2D eigenvalue weighted by atomic mass is 10.2. The zero-order chi connectivity index (χ0) is 13.8. The molecule has 5 heteroatoms. The van der Waals surface area contributed by atoms with Crippen LogP contribution in [0.5, 0.6) is 11.6 Å². The molecule has 0 aliphatic heterocycles. The molecule has 0 unspecified atom stereocenters. The number of nitrogens with zero attached hydrogens (tertiary/aromatic N) is 2. The summed E-state index contributed by atoms with van der Waals surface area (Å²) in [5.74, 6) is 2.17. The molecule has 2 aromatic rings. The van der Waals surface area contributed by atoms with Crippen LogP contribution in [0.25, 0.3) is 0 Å². The van der Waals surface area contributed by atoms with Gasteiger partial charge in [-0.2, -0.15) is 0 Å². The number of aryl methyl sites for hydroxylation is 1. The van der Waals surface area contributed by atoms with Crippen molar-refractivity contribution in [1.82, 2.24) is 9.97 Å². The van der Waals surface area contributed by atoms with Crippen LogP contribution < -0.4 is 10.1 Å². The third-order valence-corrected chi connectivity index (χ3v) is 3.23. The van der Waals surface area contributed by atoms with Crippen LogP contribution in [0.15, 0.2) is 29.0 Å². The average molecular weight is 322 g/mol. The number of ether oxygens (including phenoxy) is 1. The fourth-order valence-electron chi connectivity index (χ4n) is 1.67. The summed E-state index contributed by atoms with van der Waals surface area (Å²) in [6.07, 6.45) is 1.51. The van der Waals surface area contributed by atoms with Gasteiger partial charge in [-0.25, -0.2) is 9.97 Å². The molecule has 0 saturated carbocycles. The number of halogens is 1. The molecular weight excluding hydrogens is 306 g/mol. The van der Waals surface area contributed by atoms with Crippen molar-refractivity contribution >= 4 is 21.7 Å². The van der Waals surface area contributed by atoms with Crippen LogP contribution in [0.3, 0.4) is 0 Å². The average Bonchev–Trinajstić information content (AvgIpc) is 2.39. The molecule has 2 rings (SSSR count). The van der Waals surface area contributed by atoms with E-state index in [4.69, 9.17) is 4.74 Å². The molecule has 0 radical (unpaired) electrons. The molecule has 0 spiro atoms. The standard InChI is InChI=1S/C14H16BrN3O/c1-4-16-13-10(3)14(18-8-17-13)19-12-7-11(15)6-5-9(12)2/h5-8H,4H2,1-3H3,(H,16,17,18). The molecule has 0 aliphatic carbocycles. The van der Waals surface area contributed by atoms with E-state index in [1.54, 1.807) is 0 Å². The van der Waals surface area contributed by atoms with E-state index in [0.717, 1.165) is 33.7 Å². The second kappa shape index (κ2) is 6.02. The van der Waals surface area contributed by atoms with Crippen LogP contribution in [-0.2, 0) is 0 Å². The first-order chi connectivity index (χ1) is 9.11. The van der Waals surface area contributed by atoms with Gasteiger partial charge in [0.2, 0.25) is 5.88 Å². The highest BCUT2D eigenvalue weighted by atomic mass is 79.9. The Balaban J connectivity index is 2.33. The highest BCUT2D eigenvalue weighted by molar-refractivity contribution is 9.10. The predicted octanol–water partition coefficient (Wildman–Crippen LogP) is 4.08. The second-order valence-corrected chi connectivity index (χ2v) is 5.11. The zero-order valence-electron chi connectivity index (χ0n) is 11.2. The molecule has 0 fully saturated rings. The van der Waals surface area contributed by atoms with Crippen LogP contribution in [0, 0.1) is 13.8 Å². The SMILES string of the molecule is CCNc1ncnc(Oc2cc(Br)ccc2C)c1C. The van der Waals surface area contributed by atoms with E-state index >= 15 is 0 Å². The molecule has 0 bridgehead atoms. The highest BCUT2D eigenvalue weighted by Gasteiger charge is 2.10. The molecular formula is C14H16BrN3O. The lowest BCUT2D eigenvalue weighted by Crippen LogP contribution is -2.04. The van der Waals surface area contributed by atoms with Gasteiger partial charge in [0.25, 0.3) is 0 Å². The maximum absolute atomic E-state index is 5.89. The minimum absolute atomic E-state index is 0.576. The van der Waals surface area contributed by atoms with Crippen molar-refractivity contribution in [3.8, 4) is 11.6 Å². The first-order valence-corrected chi connectivity index (χ1v) is 6.90. The van der Waals surface area contributed by atoms with E-state index in [-0.39, 0.29) is 0 Å². The number of nitrogens with one attached hydrogen (secondary N) is 1. The Hall–Kier alpha value is -1.62. The van der Waals surface area contributed by atoms with Crippen LogP contribution in [0.1, 0.15) is 18.1 Å². The molecule has 100 valence electrons. The fraction of sp³-hybridized carbons (Fsp3) is 0.286. The van der Waals surface area contributed by atoms with E-state index in [1.807, 2.05) is 39.0 Å². The molecule has 0 saturated heterocycles. The van der Waals surface area contributed by atoms with E-state index in [2.05, 4.69) is 31.2 Å². The molecule has 0 aliphatic rings. The van der Waals surface area contributed by atoms with Crippen LogP contribution in [-0.4, -0.2) is 16.5 Å². The Morgan fingerprint density at radius 3 is 2.79 bits per heavy atom. The Labute approximate surface area is 121 Å². The lowest BCUT2D eigenvalue weighted by molar-refractivity contribution is 0.454. The zero-order valence-corrected chi connectivity index (χ0v) is 12.8. The second-order valence-electron chi connectivity index (χ2n) is 4.19. The summed E-state index contributed by atoms with van der Waals surface area (Å²) in [6, 6.07) is 5.92. The smallest absolute Gasteiger partial charge is 0.227 e. The molecule has 0 amide bonds. The molecule has 1 N–H and O–H groups in total. The molecule has 4 nitrogen and oxygen atoms in total. The number of hydrogen-bond acceptors (Lipinski definition) is 4. The van der Waals surface area contributed by atoms with Crippen molar-refractivity contribution in [2.45, 2.75) is 20.8 Å². The molecule has 1 heterocycles. The normalized spacial score (nSPS) is 10.3. The maximum Gasteiger partial charge on any atom is 0.227 e. The third kappa shape index (κ3) is 3.23. The Bertz CT molecular complexity index is 587. The van der Waals surface area contributed by atoms with Crippen molar-refractivity contribution < 1.29 is 4.74 Å². The van der Waals surface area contributed by atoms with E-state index in [0.29, 0.717) is 5.88 Å². The van der Waals surface area contributed by atoms with Gasteiger partial charge in [-0.15, -0.1) is 0 Å². The van der Waals surface area contributed by atoms with Crippen molar-refractivity contribution in [1.29, 1.82) is 0 Å². The summed E-state index contributed by atoms with van der Waals surface area (Å²) in [7, 11) is 0. The van der Waals surface area contributed by atoms with Crippen molar-refractivity contribution in [3.05, 3.63) is 40.1 Å². The number of rotatable bonds is 4. The quantitative estimate of drug-likeness (QED) is 0.921. The third-order valence-electron chi connectivity index (χ3n) is 2.74. The van der Waals surface area contributed by atoms with Crippen molar-refractivity contribution in [3.63, 3.8) is 0 Å². The van der Waals surface area contributed by atoms with Gasteiger partial charge in [0.05, 0.1) is 5.56 Å². The fourth-order valence-corrected chi connectivity index (χ4v) is 2.01. The minimum Gasteiger partial charge on any atom is -0.438 e. The molecule has 0 atom stereocenters. The molecule has 1 aromatic heterocycles. The topological polar surface area (TPSA) is 47.0 Å². The summed E-state index contributed by atoms with van der Waals surface area (Å²) in [5, 5.41) is 3.19. The molecule has 19 heavy (non-hydrogen) atoms. The summed E-state index contributed by atoms with van der Waals surface area (Å²) in [5.41, 5.74) is 1.97. The van der Waals surface area contributed by atoms with Crippen molar-refractivity contribution in [2.75, 3.05) is 11.9 Å². The maximum atomic E-state index is 5.89. The summed E-state index contributed by atoms with van der Waals surface area (Å²) in [6.45, 7) is 6.79. The minimum atomic E-state index is 0.576. The van der Waals surface area contributed by atoms with Gasteiger partial charge < -0.3 is 10.1 Å². The Morgan fingerprint density at radius 1 is 1.26 bits per heavy atom. The van der Waals surface area contributed by atoms with E-state index < -0.39 is 0 Å². The largest absolute Gasteiger partial charge is 0.438 e. The van der Waals surface area contributed by atoms with Gasteiger partial charge in [-0.1, -0.05) is 22.0 Å². The van der Waals surface area contributed by atoms with Gasteiger partial charge in [-0.05, 0) is 38.5 Å². The van der Waals surface area contributed by atoms with E-state index in [9.17, 15) is 0 Å². The summed E-state index contributed by atoms with van der Waals surface area (Å²) in [4.78, 5) is 8.40.